The fraction of sp³-hybridized carbons (Fsp3) is 0.389. The van der Waals surface area contributed by atoms with Gasteiger partial charge in [-0.1, -0.05) is 37.1 Å². The van der Waals surface area contributed by atoms with Crippen molar-refractivity contribution in [1.29, 1.82) is 0 Å². The fourth-order valence-corrected chi connectivity index (χ4v) is 2.46. The van der Waals surface area contributed by atoms with Gasteiger partial charge in [-0.15, -0.1) is 0 Å². The summed E-state index contributed by atoms with van der Waals surface area (Å²) >= 11 is 5.97. The van der Waals surface area contributed by atoms with Crippen LogP contribution in [0.25, 0.3) is 0 Å². The van der Waals surface area contributed by atoms with Crippen LogP contribution in [0.1, 0.15) is 35.8 Å². The van der Waals surface area contributed by atoms with Crippen LogP contribution in [0.3, 0.4) is 0 Å². The summed E-state index contributed by atoms with van der Waals surface area (Å²) in [7, 11) is 1.79. The predicted octanol–water partition coefficient (Wildman–Crippen LogP) is 3.66. The Bertz CT molecular complexity index is 660. The van der Waals surface area contributed by atoms with E-state index >= 15 is 0 Å². The van der Waals surface area contributed by atoms with E-state index in [1.165, 1.54) is 6.20 Å². The lowest BCUT2D eigenvalue weighted by Gasteiger charge is -2.16. The predicted molar refractivity (Wildman–Crippen MR) is 97.5 cm³/mol. The molecular weight excluding hydrogens is 324 g/mol. The van der Waals surface area contributed by atoms with Crippen LogP contribution >= 0.6 is 11.6 Å². The third-order valence-corrected chi connectivity index (χ3v) is 3.91. The third kappa shape index (κ3) is 5.49. The van der Waals surface area contributed by atoms with Crippen LogP contribution in [0, 0.1) is 0 Å². The first kappa shape index (κ1) is 18.2. The zero-order valence-corrected chi connectivity index (χ0v) is 14.9. The first-order valence-corrected chi connectivity index (χ1v) is 8.53. The quantitative estimate of drug-likeness (QED) is 0.792. The fourth-order valence-electron chi connectivity index (χ4n) is 2.25. The molecule has 0 saturated carbocycles. The van der Waals surface area contributed by atoms with Crippen molar-refractivity contribution in [2.75, 3.05) is 25.5 Å². The maximum atomic E-state index is 12.2. The number of benzene rings is 1. The average Bonchev–Trinajstić information content (AvgIpc) is 2.60. The van der Waals surface area contributed by atoms with Crippen molar-refractivity contribution >= 4 is 23.3 Å². The first-order chi connectivity index (χ1) is 11.6. The Morgan fingerprint density at radius 2 is 2.12 bits per heavy atom. The van der Waals surface area contributed by atoms with E-state index < -0.39 is 0 Å². The van der Waals surface area contributed by atoms with Gasteiger partial charge in [0.1, 0.15) is 11.5 Å². The van der Waals surface area contributed by atoms with E-state index in [-0.39, 0.29) is 5.91 Å². The molecule has 0 saturated heterocycles. The molecule has 1 N–H and O–H groups in total. The second-order valence-electron chi connectivity index (χ2n) is 5.67. The lowest BCUT2D eigenvalue weighted by atomic mass is 10.1. The van der Waals surface area contributed by atoms with Gasteiger partial charge in [0.25, 0.3) is 5.91 Å². The van der Waals surface area contributed by atoms with Gasteiger partial charge in [0.2, 0.25) is 0 Å². The summed E-state index contributed by atoms with van der Waals surface area (Å²) in [6.07, 6.45) is 5.99. The number of unbranched alkanes of at least 4 members (excludes halogenated alkanes) is 1. The van der Waals surface area contributed by atoms with Gasteiger partial charge < -0.3 is 10.2 Å². The highest BCUT2D eigenvalue weighted by Crippen LogP contribution is 2.11. The molecule has 2 rings (SSSR count). The van der Waals surface area contributed by atoms with Crippen LogP contribution in [0.15, 0.2) is 36.7 Å². The van der Waals surface area contributed by atoms with Gasteiger partial charge in [-0.05, 0) is 30.5 Å². The highest BCUT2D eigenvalue weighted by atomic mass is 35.5. The minimum atomic E-state index is -0.0959. The van der Waals surface area contributed by atoms with Crippen molar-refractivity contribution in [3.8, 4) is 0 Å². The van der Waals surface area contributed by atoms with Gasteiger partial charge in [-0.2, -0.15) is 0 Å². The zero-order valence-electron chi connectivity index (χ0n) is 14.1. The van der Waals surface area contributed by atoms with E-state index in [9.17, 15) is 4.79 Å². The molecule has 1 heterocycles. The van der Waals surface area contributed by atoms with Gasteiger partial charge in [0.15, 0.2) is 0 Å². The SMILES string of the molecule is CCCCN(C)C(=O)c1cnc(NCCc2cccc(Cl)c2)cn1. The molecule has 0 aliphatic carbocycles. The summed E-state index contributed by atoms with van der Waals surface area (Å²) in [5, 5.41) is 3.94. The molecule has 24 heavy (non-hydrogen) atoms. The molecule has 0 atom stereocenters. The minimum absolute atomic E-state index is 0.0959. The van der Waals surface area contributed by atoms with E-state index in [0.717, 1.165) is 42.9 Å². The van der Waals surface area contributed by atoms with E-state index in [0.29, 0.717) is 11.5 Å². The van der Waals surface area contributed by atoms with Crippen LogP contribution in [0.2, 0.25) is 5.02 Å². The summed E-state index contributed by atoms with van der Waals surface area (Å²) in [6.45, 7) is 3.55. The summed E-state index contributed by atoms with van der Waals surface area (Å²) in [5.74, 6) is 0.561. The molecule has 128 valence electrons. The Morgan fingerprint density at radius 1 is 1.29 bits per heavy atom. The van der Waals surface area contributed by atoms with Crippen LogP contribution in [0.5, 0.6) is 0 Å². The number of amides is 1. The lowest BCUT2D eigenvalue weighted by Crippen LogP contribution is -2.28. The lowest BCUT2D eigenvalue weighted by molar-refractivity contribution is 0.0787. The maximum Gasteiger partial charge on any atom is 0.273 e. The summed E-state index contributed by atoms with van der Waals surface area (Å²) in [5.41, 5.74) is 1.53. The molecule has 1 aromatic carbocycles. The van der Waals surface area contributed by atoms with E-state index in [2.05, 4.69) is 22.2 Å². The van der Waals surface area contributed by atoms with Gasteiger partial charge in [-0.25, -0.2) is 9.97 Å². The molecule has 0 fully saturated rings. The standard InChI is InChI=1S/C18H23ClN4O/c1-3-4-10-23(2)18(24)16-12-22-17(13-21-16)20-9-8-14-6-5-7-15(19)11-14/h5-7,11-13H,3-4,8-10H2,1-2H3,(H,20,22). The maximum absolute atomic E-state index is 12.2. The number of nitrogens with zero attached hydrogens (tertiary/aromatic N) is 3. The number of anilines is 1. The molecule has 0 aliphatic heterocycles. The van der Waals surface area contributed by atoms with Crippen molar-refractivity contribution < 1.29 is 4.79 Å². The van der Waals surface area contributed by atoms with E-state index in [1.54, 1.807) is 18.1 Å². The van der Waals surface area contributed by atoms with Gasteiger partial charge in [0, 0.05) is 25.2 Å². The van der Waals surface area contributed by atoms with Gasteiger partial charge >= 0.3 is 0 Å². The monoisotopic (exact) mass is 346 g/mol. The molecule has 5 nitrogen and oxygen atoms in total. The van der Waals surface area contributed by atoms with Crippen LogP contribution in [-0.2, 0) is 6.42 Å². The molecule has 1 aromatic heterocycles. The Balaban J connectivity index is 1.84. The second kappa shape index (κ2) is 9.23. The number of hydrogen-bond acceptors (Lipinski definition) is 4. The van der Waals surface area contributed by atoms with Crippen molar-refractivity contribution in [1.82, 2.24) is 14.9 Å². The number of rotatable bonds is 8. The molecule has 0 radical (unpaired) electrons. The third-order valence-electron chi connectivity index (χ3n) is 3.67. The zero-order chi connectivity index (χ0) is 17.4. The van der Waals surface area contributed by atoms with Crippen molar-refractivity contribution in [3.63, 3.8) is 0 Å². The number of aromatic nitrogens is 2. The summed E-state index contributed by atoms with van der Waals surface area (Å²) < 4.78 is 0. The Morgan fingerprint density at radius 3 is 2.79 bits per heavy atom. The molecule has 0 unspecified atom stereocenters. The van der Waals surface area contributed by atoms with Gasteiger partial charge in [-0.3, -0.25) is 4.79 Å². The van der Waals surface area contributed by atoms with Crippen molar-refractivity contribution in [3.05, 3.63) is 52.9 Å². The normalized spacial score (nSPS) is 10.5. The number of hydrogen-bond donors (Lipinski definition) is 1. The van der Waals surface area contributed by atoms with E-state index in [4.69, 9.17) is 11.6 Å². The van der Waals surface area contributed by atoms with Crippen molar-refractivity contribution in [2.45, 2.75) is 26.2 Å². The molecular formula is C18H23ClN4O. The Hall–Kier alpha value is -2.14. The molecule has 0 bridgehead atoms. The number of carbonyl (C=O) groups excluding carboxylic acids is 1. The average molecular weight is 347 g/mol. The Kier molecular flexibility index (Phi) is 7.00. The Labute approximate surface area is 148 Å². The van der Waals surface area contributed by atoms with Crippen LogP contribution < -0.4 is 5.32 Å². The smallest absolute Gasteiger partial charge is 0.273 e. The molecule has 2 aromatic rings. The topological polar surface area (TPSA) is 58.1 Å². The van der Waals surface area contributed by atoms with Crippen LogP contribution in [-0.4, -0.2) is 40.9 Å². The van der Waals surface area contributed by atoms with E-state index in [1.807, 2.05) is 24.3 Å². The number of carbonyl (C=O) groups is 1. The second-order valence-corrected chi connectivity index (χ2v) is 6.11. The van der Waals surface area contributed by atoms with Crippen LogP contribution in [0.4, 0.5) is 5.82 Å². The largest absolute Gasteiger partial charge is 0.368 e. The number of halogens is 1. The highest BCUT2D eigenvalue weighted by molar-refractivity contribution is 6.30. The minimum Gasteiger partial charge on any atom is -0.368 e. The molecule has 0 aliphatic rings. The number of nitrogens with one attached hydrogen (secondary N) is 1. The highest BCUT2D eigenvalue weighted by Gasteiger charge is 2.12. The van der Waals surface area contributed by atoms with Crippen molar-refractivity contribution in [2.24, 2.45) is 0 Å². The molecule has 1 amide bonds. The molecule has 6 heteroatoms. The first-order valence-electron chi connectivity index (χ1n) is 8.16. The summed E-state index contributed by atoms with van der Waals surface area (Å²) in [4.78, 5) is 22.3. The molecule has 0 spiro atoms. The summed E-state index contributed by atoms with van der Waals surface area (Å²) in [6, 6.07) is 7.78. The van der Waals surface area contributed by atoms with Gasteiger partial charge in [0.05, 0.1) is 12.4 Å².